The van der Waals surface area contributed by atoms with Crippen molar-refractivity contribution in [3.8, 4) is 0 Å². The number of carbonyl (C=O) groups is 3. The zero-order chi connectivity index (χ0) is 16.6. The van der Waals surface area contributed by atoms with Crippen molar-refractivity contribution in [3.63, 3.8) is 0 Å². The van der Waals surface area contributed by atoms with E-state index in [0.29, 0.717) is 6.42 Å². The fourth-order valence-corrected chi connectivity index (χ4v) is 1.05. The lowest BCUT2D eigenvalue weighted by Gasteiger charge is -2.13. The quantitative estimate of drug-likeness (QED) is 0.339. The second-order valence-electron chi connectivity index (χ2n) is 3.89. The molecule has 0 unspecified atom stereocenters. The van der Waals surface area contributed by atoms with Crippen molar-refractivity contribution in [3.05, 3.63) is 18.2 Å². The van der Waals surface area contributed by atoms with Crippen molar-refractivity contribution in [2.24, 2.45) is 0 Å². The second-order valence-corrected chi connectivity index (χ2v) is 3.89. The molecule has 11 heteroatoms. The lowest BCUT2D eigenvalue weighted by molar-refractivity contribution is -0.437. The average molecular weight is 305 g/mol. The van der Waals surface area contributed by atoms with Crippen molar-refractivity contribution in [2.75, 3.05) is 0 Å². The molecule has 0 aromatic carbocycles. The molecule has 1 aromatic rings. The van der Waals surface area contributed by atoms with Gasteiger partial charge in [-0.3, -0.25) is 4.98 Å². The molecule has 118 valence electrons. The number of rotatable bonds is 6. The smallest absolute Gasteiger partial charge is 0.335 e. The first kappa shape index (κ1) is 18.5. The summed E-state index contributed by atoms with van der Waals surface area (Å²) >= 11 is 0. The van der Waals surface area contributed by atoms with Crippen molar-refractivity contribution in [1.29, 1.82) is 0 Å². The maximum atomic E-state index is 10.2. The Morgan fingerprint density at radius 1 is 1.24 bits per heavy atom. The summed E-state index contributed by atoms with van der Waals surface area (Å²) in [6.07, 6.45) is -1.02. The third kappa shape index (κ3) is 7.00. The van der Waals surface area contributed by atoms with Crippen molar-refractivity contribution < 1.29 is 50.6 Å². The van der Waals surface area contributed by atoms with Crippen LogP contribution in [0.2, 0.25) is 0 Å². The van der Waals surface area contributed by atoms with Gasteiger partial charge in [-0.1, -0.05) is 0 Å². The molecule has 1 aromatic heterocycles. The molecule has 0 spiro atoms. The highest BCUT2D eigenvalue weighted by Crippen LogP contribution is 1.91. The number of aliphatic carboxylic acids is 3. The minimum atomic E-state index is -2.38. The monoisotopic (exact) mass is 305 g/mol. The number of nitrogens with one attached hydrogen (secondary N) is 2. The average Bonchev–Trinajstić information content (AvgIpc) is 2.90. The van der Waals surface area contributed by atoms with E-state index in [-0.39, 0.29) is 0 Å². The van der Waals surface area contributed by atoms with Crippen LogP contribution < -0.4 is 20.9 Å². The Labute approximate surface area is 117 Å². The van der Waals surface area contributed by atoms with E-state index in [1.165, 1.54) is 0 Å². The molecule has 0 fully saturated rings. The van der Waals surface area contributed by atoms with Crippen LogP contribution in [0.5, 0.6) is 0 Å². The minimum absolute atomic E-state index is 0.367. The molecule has 1 rings (SSSR count). The van der Waals surface area contributed by atoms with Gasteiger partial charge in [-0.2, -0.15) is 0 Å². The number of carboxylic acid groups (broad SMARTS) is 3. The number of carbonyl (C=O) groups excluding carboxylic acids is 2. The van der Waals surface area contributed by atoms with E-state index in [4.69, 9.17) is 15.3 Å². The summed E-state index contributed by atoms with van der Waals surface area (Å²) < 4.78 is 0. The molecule has 0 saturated carbocycles. The van der Waals surface area contributed by atoms with E-state index in [0.717, 1.165) is 5.69 Å². The van der Waals surface area contributed by atoms with Gasteiger partial charge in [-0.15, -0.1) is 0 Å². The van der Waals surface area contributed by atoms with E-state index in [1.807, 2.05) is 0 Å². The number of quaternary nitrogens is 1. The van der Waals surface area contributed by atoms with Crippen molar-refractivity contribution >= 4 is 17.9 Å². The number of aromatic amines is 2. The van der Waals surface area contributed by atoms with Gasteiger partial charge in [0.25, 0.3) is 0 Å². The largest absolute Gasteiger partial charge is 0.547 e. The summed E-state index contributed by atoms with van der Waals surface area (Å²) in [6.45, 7) is 0. The molecule has 0 aliphatic carbocycles. The molecule has 0 saturated heterocycles. The van der Waals surface area contributed by atoms with Gasteiger partial charge in [-0.05, 0) is 0 Å². The molecule has 0 radical (unpaired) electrons. The third-order valence-electron chi connectivity index (χ3n) is 2.19. The topological polar surface area (TPSA) is 216 Å². The molecule has 0 aliphatic heterocycles. The maximum absolute atomic E-state index is 10.2. The number of aliphatic hydroxyl groups is 2. The van der Waals surface area contributed by atoms with Gasteiger partial charge in [-0.25, -0.2) is 9.78 Å². The van der Waals surface area contributed by atoms with E-state index in [9.17, 15) is 24.6 Å². The molecule has 11 nitrogen and oxygen atoms in total. The molecule has 0 bridgehead atoms. The Hall–Kier alpha value is -2.50. The number of aliphatic hydroxyl groups excluding tert-OH is 2. The van der Waals surface area contributed by atoms with Gasteiger partial charge >= 0.3 is 5.97 Å². The summed E-state index contributed by atoms with van der Waals surface area (Å²) in [5.41, 5.74) is 4.23. The van der Waals surface area contributed by atoms with Crippen molar-refractivity contribution in [2.45, 2.75) is 24.7 Å². The predicted molar refractivity (Wildman–Crippen MR) is 57.4 cm³/mol. The third-order valence-corrected chi connectivity index (χ3v) is 2.19. The van der Waals surface area contributed by atoms with Gasteiger partial charge in [0.05, 0.1) is 18.4 Å². The lowest BCUT2D eigenvalue weighted by atomic mass is 10.2. The summed E-state index contributed by atoms with van der Waals surface area (Å²) in [6, 6.07) is -0.693. The van der Waals surface area contributed by atoms with Crippen LogP contribution in [0.3, 0.4) is 0 Å². The zero-order valence-electron chi connectivity index (χ0n) is 10.7. The van der Waals surface area contributed by atoms with Crippen LogP contribution in [-0.2, 0) is 20.8 Å². The van der Waals surface area contributed by atoms with Crippen LogP contribution in [0.4, 0.5) is 0 Å². The Bertz CT molecular complexity index is 457. The number of carboxylic acids is 3. The molecule has 8 N–H and O–H groups in total. The highest BCUT2D eigenvalue weighted by atomic mass is 16.4. The van der Waals surface area contributed by atoms with E-state index < -0.39 is 36.2 Å². The number of H-pyrrole nitrogens is 2. The van der Waals surface area contributed by atoms with Crippen LogP contribution in [0.15, 0.2) is 12.5 Å². The lowest BCUT2D eigenvalue weighted by Crippen LogP contribution is -2.69. The Morgan fingerprint density at radius 2 is 1.81 bits per heavy atom. The van der Waals surface area contributed by atoms with E-state index in [1.54, 1.807) is 12.5 Å². The standard InChI is InChI=1S/C6H9N3O2.C4H6O6/c7-5(6(10)11)1-4-2-8-3-9-4;5-1(3(7)8)2(6)4(9)10/h2-3,5H,1,7H2,(H,8,9)(H,10,11);1-2,5-6H,(H,7,8)(H,9,10)/t5-;1-,2-/m11/s1. The maximum Gasteiger partial charge on any atom is 0.335 e. The summed E-state index contributed by atoms with van der Waals surface area (Å²) in [7, 11) is 0. The molecule has 21 heavy (non-hydrogen) atoms. The van der Waals surface area contributed by atoms with Crippen LogP contribution in [0.1, 0.15) is 5.69 Å². The van der Waals surface area contributed by atoms with Crippen LogP contribution in [0, 0.1) is 0 Å². The fraction of sp³-hybridized carbons (Fsp3) is 0.400. The molecule has 0 aliphatic rings. The first-order valence-electron chi connectivity index (χ1n) is 5.53. The Balaban J connectivity index is 0.000000384. The van der Waals surface area contributed by atoms with Gasteiger partial charge in [0.1, 0.15) is 24.0 Å². The van der Waals surface area contributed by atoms with Gasteiger partial charge in [0, 0.05) is 0 Å². The highest BCUT2D eigenvalue weighted by molar-refractivity contribution is 5.82. The SMILES string of the molecule is O=C([O-])[C@H](O)[C@@H](O)C(=O)O.[NH3+][C@H](Cc1c[nH+]c[nH]1)C(=O)[O-]. The molecule has 0 amide bonds. The van der Waals surface area contributed by atoms with Crippen molar-refractivity contribution in [1.82, 2.24) is 4.98 Å². The minimum Gasteiger partial charge on any atom is -0.547 e. The Kier molecular flexibility index (Phi) is 7.60. The normalized spacial score (nSPS) is 14.2. The first-order chi connectivity index (χ1) is 9.66. The number of imidazole rings is 1. The van der Waals surface area contributed by atoms with Gasteiger partial charge < -0.3 is 40.9 Å². The van der Waals surface area contributed by atoms with E-state index >= 15 is 0 Å². The molecule has 3 atom stereocenters. The van der Waals surface area contributed by atoms with Crippen LogP contribution in [-0.4, -0.2) is 56.5 Å². The van der Waals surface area contributed by atoms with Gasteiger partial charge in [0.15, 0.2) is 6.10 Å². The second kappa shape index (κ2) is 8.63. The van der Waals surface area contributed by atoms with E-state index in [2.05, 4.69) is 15.7 Å². The van der Waals surface area contributed by atoms with Gasteiger partial charge in [0.2, 0.25) is 6.33 Å². The molecule has 1 heterocycles. The number of hydrogen-bond acceptors (Lipinski definition) is 7. The fourth-order valence-electron chi connectivity index (χ4n) is 1.05. The summed E-state index contributed by atoms with van der Waals surface area (Å²) in [4.78, 5) is 35.2. The zero-order valence-corrected chi connectivity index (χ0v) is 10.7. The first-order valence-corrected chi connectivity index (χ1v) is 5.53. The molecular formula is C10H15N3O8. The highest BCUT2D eigenvalue weighted by Gasteiger charge is 2.23. The van der Waals surface area contributed by atoms with Crippen LogP contribution >= 0.6 is 0 Å². The summed E-state index contributed by atoms with van der Waals surface area (Å²) in [5.74, 6) is -4.95. The number of hydrogen-bond donors (Lipinski definition) is 5. The predicted octanol–water partition coefficient (Wildman–Crippen LogP) is -6.73. The number of aromatic nitrogens is 2. The molecular weight excluding hydrogens is 290 g/mol. The van der Waals surface area contributed by atoms with Crippen LogP contribution in [0.25, 0.3) is 0 Å². The Morgan fingerprint density at radius 3 is 2.10 bits per heavy atom. The summed E-state index contributed by atoms with van der Waals surface area (Å²) in [5, 5.41) is 44.4.